The standard InChI is InChI=1S/C15H15OS/c1-3-16-13-9-11-15(12-10-13)17(2)14-7-5-4-6-8-14/h3-12H,1H2,2H3/q+1. The highest BCUT2D eigenvalue weighted by atomic mass is 32.2. The van der Waals surface area contributed by atoms with Crippen molar-refractivity contribution in [3.05, 3.63) is 67.4 Å². The number of rotatable bonds is 4. The van der Waals surface area contributed by atoms with Gasteiger partial charge in [0.05, 0.1) is 17.2 Å². The minimum atomic E-state index is 0.110. The molecule has 86 valence electrons. The van der Waals surface area contributed by atoms with Gasteiger partial charge in [-0.05, 0) is 36.4 Å². The van der Waals surface area contributed by atoms with Gasteiger partial charge in [-0.25, -0.2) is 0 Å². The summed E-state index contributed by atoms with van der Waals surface area (Å²) in [7, 11) is 0.110. The quantitative estimate of drug-likeness (QED) is 0.585. The Morgan fingerprint density at radius 2 is 1.53 bits per heavy atom. The van der Waals surface area contributed by atoms with Crippen molar-refractivity contribution < 1.29 is 4.74 Å². The topological polar surface area (TPSA) is 9.23 Å². The minimum absolute atomic E-state index is 0.110. The molecule has 2 aromatic rings. The van der Waals surface area contributed by atoms with E-state index in [1.165, 1.54) is 16.1 Å². The molecule has 1 nitrogen and oxygen atoms in total. The lowest BCUT2D eigenvalue weighted by atomic mass is 10.3. The molecule has 0 heterocycles. The van der Waals surface area contributed by atoms with Crippen molar-refractivity contribution in [2.24, 2.45) is 0 Å². The Bertz CT molecular complexity index is 476. The van der Waals surface area contributed by atoms with Crippen LogP contribution in [0, 0.1) is 0 Å². The largest absolute Gasteiger partial charge is 0.466 e. The Morgan fingerprint density at radius 3 is 2.12 bits per heavy atom. The molecule has 2 rings (SSSR count). The first-order valence-corrected chi connectivity index (χ1v) is 7.03. The van der Waals surface area contributed by atoms with Gasteiger partial charge in [0.2, 0.25) is 0 Å². The molecule has 17 heavy (non-hydrogen) atoms. The van der Waals surface area contributed by atoms with Crippen molar-refractivity contribution >= 4 is 10.9 Å². The summed E-state index contributed by atoms with van der Waals surface area (Å²) >= 11 is 0. The van der Waals surface area contributed by atoms with Crippen LogP contribution < -0.4 is 4.74 Å². The predicted octanol–water partition coefficient (Wildman–Crippen LogP) is 3.88. The fraction of sp³-hybridized carbons (Fsp3) is 0.0667. The van der Waals surface area contributed by atoms with Crippen LogP contribution >= 0.6 is 0 Å². The van der Waals surface area contributed by atoms with E-state index in [2.05, 4.69) is 49.2 Å². The first-order valence-electron chi connectivity index (χ1n) is 5.40. The van der Waals surface area contributed by atoms with Crippen LogP contribution in [0.25, 0.3) is 0 Å². The van der Waals surface area contributed by atoms with Gasteiger partial charge in [0, 0.05) is 0 Å². The third kappa shape index (κ3) is 2.92. The lowest BCUT2D eigenvalue weighted by molar-refractivity contribution is 0.483. The van der Waals surface area contributed by atoms with Crippen molar-refractivity contribution in [3.8, 4) is 5.75 Å². The van der Waals surface area contributed by atoms with Crippen LogP contribution in [0.2, 0.25) is 0 Å². The molecule has 0 saturated heterocycles. The Kier molecular flexibility index (Phi) is 3.89. The highest BCUT2D eigenvalue weighted by Gasteiger charge is 2.18. The van der Waals surface area contributed by atoms with Gasteiger partial charge in [-0.3, -0.25) is 0 Å². The van der Waals surface area contributed by atoms with E-state index in [1.807, 2.05) is 18.2 Å². The van der Waals surface area contributed by atoms with E-state index in [4.69, 9.17) is 4.74 Å². The molecule has 0 N–H and O–H groups in total. The van der Waals surface area contributed by atoms with Gasteiger partial charge < -0.3 is 4.74 Å². The summed E-state index contributed by atoms with van der Waals surface area (Å²) in [6.07, 6.45) is 3.68. The second-order valence-corrected chi connectivity index (χ2v) is 5.54. The Hall–Kier alpha value is -1.67. The van der Waals surface area contributed by atoms with Crippen molar-refractivity contribution in [1.82, 2.24) is 0 Å². The summed E-state index contributed by atoms with van der Waals surface area (Å²) in [4.78, 5) is 2.66. The van der Waals surface area contributed by atoms with Crippen LogP contribution in [0.5, 0.6) is 5.75 Å². The van der Waals surface area contributed by atoms with Gasteiger partial charge >= 0.3 is 0 Å². The zero-order valence-corrected chi connectivity index (χ0v) is 10.6. The molecular weight excluding hydrogens is 228 g/mol. The summed E-state index contributed by atoms with van der Waals surface area (Å²) in [6, 6.07) is 18.7. The van der Waals surface area contributed by atoms with E-state index >= 15 is 0 Å². The predicted molar refractivity (Wildman–Crippen MR) is 73.5 cm³/mol. The van der Waals surface area contributed by atoms with E-state index < -0.39 is 0 Å². The van der Waals surface area contributed by atoms with Gasteiger partial charge in [0.15, 0.2) is 9.79 Å². The molecule has 0 aliphatic heterocycles. The molecule has 2 aromatic carbocycles. The maximum absolute atomic E-state index is 5.21. The molecule has 0 fully saturated rings. The van der Waals surface area contributed by atoms with E-state index in [0.29, 0.717) is 0 Å². The summed E-state index contributed by atoms with van der Waals surface area (Å²) in [6.45, 7) is 3.54. The third-order valence-corrected chi connectivity index (χ3v) is 4.45. The zero-order valence-electron chi connectivity index (χ0n) is 9.80. The van der Waals surface area contributed by atoms with Crippen molar-refractivity contribution in [3.63, 3.8) is 0 Å². The average Bonchev–Trinajstić information content (AvgIpc) is 2.40. The molecule has 1 atom stereocenters. The monoisotopic (exact) mass is 243 g/mol. The van der Waals surface area contributed by atoms with Crippen LogP contribution in [-0.2, 0) is 10.9 Å². The molecule has 0 spiro atoms. The maximum atomic E-state index is 5.21. The summed E-state index contributed by atoms with van der Waals surface area (Å²) in [5, 5.41) is 0. The summed E-state index contributed by atoms with van der Waals surface area (Å²) in [5.74, 6) is 0.828. The first kappa shape index (κ1) is 11.8. The van der Waals surface area contributed by atoms with E-state index in [-0.39, 0.29) is 10.9 Å². The van der Waals surface area contributed by atoms with Crippen LogP contribution in [0.3, 0.4) is 0 Å². The van der Waals surface area contributed by atoms with Crippen molar-refractivity contribution in [2.75, 3.05) is 6.26 Å². The highest BCUT2D eigenvalue weighted by molar-refractivity contribution is 7.96. The molecular formula is C15H15OS+. The van der Waals surface area contributed by atoms with Gasteiger partial charge in [-0.1, -0.05) is 24.8 Å². The summed E-state index contributed by atoms with van der Waals surface area (Å²) < 4.78 is 5.21. The van der Waals surface area contributed by atoms with Crippen LogP contribution in [0.15, 0.2) is 77.2 Å². The smallest absolute Gasteiger partial charge is 0.160 e. The number of hydrogen-bond donors (Lipinski definition) is 0. The maximum Gasteiger partial charge on any atom is 0.160 e. The second kappa shape index (κ2) is 5.60. The van der Waals surface area contributed by atoms with Crippen molar-refractivity contribution in [2.45, 2.75) is 9.79 Å². The summed E-state index contributed by atoms with van der Waals surface area (Å²) in [5.41, 5.74) is 0. The highest BCUT2D eigenvalue weighted by Crippen LogP contribution is 2.23. The molecule has 0 radical (unpaired) electrons. The number of hydrogen-bond acceptors (Lipinski definition) is 1. The molecule has 0 aliphatic carbocycles. The molecule has 0 aromatic heterocycles. The fourth-order valence-electron chi connectivity index (χ4n) is 1.58. The van der Waals surface area contributed by atoms with Gasteiger partial charge in [0.25, 0.3) is 0 Å². The molecule has 0 aliphatic rings. The van der Waals surface area contributed by atoms with Gasteiger partial charge in [-0.15, -0.1) is 0 Å². The fourth-order valence-corrected chi connectivity index (χ4v) is 2.96. The van der Waals surface area contributed by atoms with Gasteiger partial charge in [-0.2, -0.15) is 0 Å². The van der Waals surface area contributed by atoms with Crippen LogP contribution in [0.4, 0.5) is 0 Å². The molecule has 1 unspecified atom stereocenters. The first-order chi connectivity index (χ1) is 8.31. The van der Waals surface area contributed by atoms with E-state index in [9.17, 15) is 0 Å². The van der Waals surface area contributed by atoms with Crippen LogP contribution in [0.1, 0.15) is 0 Å². The Balaban J connectivity index is 2.20. The minimum Gasteiger partial charge on any atom is -0.466 e. The molecule has 0 bridgehead atoms. The lowest BCUT2D eigenvalue weighted by Crippen LogP contribution is -1.99. The van der Waals surface area contributed by atoms with E-state index in [0.717, 1.165) is 5.75 Å². The van der Waals surface area contributed by atoms with Gasteiger partial charge in [0.1, 0.15) is 12.0 Å². The lowest BCUT2D eigenvalue weighted by Gasteiger charge is -2.03. The van der Waals surface area contributed by atoms with Crippen molar-refractivity contribution in [1.29, 1.82) is 0 Å². The number of benzene rings is 2. The van der Waals surface area contributed by atoms with Crippen LogP contribution in [-0.4, -0.2) is 6.26 Å². The number of ether oxygens (including phenoxy) is 1. The molecule has 2 heteroatoms. The molecule has 0 saturated carbocycles. The van der Waals surface area contributed by atoms with E-state index in [1.54, 1.807) is 0 Å². The zero-order chi connectivity index (χ0) is 12.1. The Morgan fingerprint density at radius 1 is 0.941 bits per heavy atom. The SMILES string of the molecule is C=COc1ccc([S+](C)c2ccccc2)cc1. The Labute approximate surface area is 105 Å². The average molecular weight is 243 g/mol. The third-order valence-electron chi connectivity index (χ3n) is 2.49. The second-order valence-electron chi connectivity index (χ2n) is 3.58. The normalized spacial score (nSPS) is 11.8. The molecule has 0 amide bonds.